The lowest BCUT2D eigenvalue weighted by Gasteiger charge is -2.43. The molecule has 0 spiro atoms. The highest BCUT2D eigenvalue weighted by atomic mass is 35.5. The van der Waals surface area contributed by atoms with Gasteiger partial charge in [0.2, 0.25) is 0 Å². The van der Waals surface area contributed by atoms with E-state index < -0.39 is 5.60 Å². The fraction of sp³-hybridized carbons (Fsp3) is 0.458. The van der Waals surface area contributed by atoms with E-state index in [1.54, 1.807) is 0 Å². The number of nitrogens with zero attached hydrogens (tertiary/aromatic N) is 2. The highest BCUT2D eigenvalue weighted by molar-refractivity contribution is 6.31. The molecular formula is C24H28ClN3O3. The van der Waals surface area contributed by atoms with Crippen LogP contribution in [0.15, 0.2) is 47.3 Å². The highest BCUT2D eigenvalue weighted by Crippen LogP contribution is 2.33. The van der Waals surface area contributed by atoms with E-state index in [1.165, 1.54) is 11.1 Å². The van der Waals surface area contributed by atoms with E-state index in [4.69, 9.17) is 21.1 Å². The molecule has 5 rings (SSSR count). The van der Waals surface area contributed by atoms with Gasteiger partial charge in [0.15, 0.2) is 0 Å². The number of piperidine rings is 1. The molecule has 6 nitrogen and oxygen atoms in total. The number of ether oxygens (including phenoxy) is 2. The molecule has 2 aliphatic heterocycles. The van der Waals surface area contributed by atoms with E-state index in [-0.39, 0.29) is 11.7 Å². The van der Waals surface area contributed by atoms with Gasteiger partial charge in [0.05, 0.1) is 30.9 Å². The quantitative estimate of drug-likeness (QED) is 0.667. The zero-order chi connectivity index (χ0) is 21.4. The van der Waals surface area contributed by atoms with Crippen molar-refractivity contribution in [1.29, 1.82) is 0 Å². The summed E-state index contributed by atoms with van der Waals surface area (Å²) < 4.78 is 14.1. The number of fused-ring (bicyclic) bond motifs is 1. The molecule has 2 saturated heterocycles. The third-order valence-corrected chi connectivity index (χ3v) is 6.80. The molecule has 2 aliphatic rings. The average molecular weight is 442 g/mol. The van der Waals surface area contributed by atoms with Crippen molar-refractivity contribution >= 4 is 22.6 Å². The average Bonchev–Trinajstić information content (AvgIpc) is 3.10. The van der Waals surface area contributed by atoms with Crippen molar-refractivity contribution in [2.45, 2.75) is 31.4 Å². The van der Waals surface area contributed by atoms with Gasteiger partial charge in [-0.1, -0.05) is 41.4 Å². The van der Waals surface area contributed by atoms with Crippen LogP contribution in [-0.4, -0.2) is 53.9 Å². The van der Waals surface area contributed by atoms with Gasteiger partial charge < -0.3 is 14.5 Å². The molecule has 2 fully saturated rings. The molecule has 7 heteroatoms. The Hall–Kier alpha value is -2.12. The van der Waals surface area contributed by atoms with Crippen molar-refractivity contribution in [3.05, 3.63) is 69.1 Å². The number of hydrogen-bond donors (Lipinski definition) is 1. The van der Waals surface area contributed by atoms with Gasteiger partial charge in [0, 0.05) is 30.7 Å². The number of H-pyrrole nitrogens is 1. The Morgan fingerprint density at radius 3 is 2.74 bits per heavy atom. The fourth-order valence-corrected chi connectivity index (χ4v) is 5.17. The summed E-state index contributed by atoms with van der Waals surface area (Å²) in [7, 11) is 0. The Labute approximate surface area is 186 Å². The number of hydrogen-bond acceptors (Lipinski definition) is 4. The first kappa shape index (κ1) is 20.8. The molecule has 0 radical (unpaired) electrons. The molecular weight excluding hydrogens is 414 g/mol. The SMILES string of the molecule is Cc1cccc(C2(CN3CCC(n4c(=O)[nH]c5ccc(Cl)cc54)CC3)COCCO2)c1. The first-order chi connectivity index (χ1) is 15.0. The summed E-state index contributed by atoms with van der Waals surface area (Å²) in [6, 6.07) is 14.3. The number of aryl methyl sites for hydroxylation is 1. The second kappa shape index (κ2) is 8.43. The van der Waals surface area contributed by atoms with Crippen LogP contribution >= 0.6 is 11.6 Å². The number of halogens is 1. The van der Waals surface area contributed by atoms with Crippen molar-refractivity contribution < 1.29 is 9.47 Å². The Morgan fingerprint density at radius 1 is 1.16 bits per heavy atom. The summed E-state index contributed by atoms with van der Waals surface area (Å²) in [6.45, 7) is 6.52. The van der Waals surface area contributed by atoms with E-state index >= 15 is 0 Å². The van der Waals surface area contributed by atoms with E-state index in [0.717, 1.165) is 43.5 Å². The molecule has 1 unspecified atom stereocenters. The summed E-state index contributed by atoms with van der Waals surface area (Å²) in [5.41, 5.74) is 3.62. The molecule has 0 amide bonds. The Kier molecular flexibility index (Phi) is 5.65. The van der Waals surface area contributed by atoms with E-state index in [1.807, 2.05) is 22.8 Å². The Balaban J connectivity index is 1.34. The third kappa shape index (κ3) is 4.05. The molecule has 1 atom stereocenters. The normalized spacial score (nSPS) is 23.4. The van der Waals surface area contributed by atoms with Gasteiger partial charge in [-0.05, 0) is 43.5 Å². The van der Waals surface area contributed by atoms with Crippen LogP contribution in [0.2, 0.25) is 5.02 Å². The maximum Gasteiger partial charge on any atom is 0.326 e. The number of aromatic amines is 1. The minimum absolute atomic E-state index is 0.0593. The first-order valence-electron chi connectivity index (χ1n) is 11.0. The van der Waals surface area contributed by atoms with Crippen LogP contribution in [0, 0.1) is 6.92 Å². The number of nitrogens with one attached hydrogen (secondary N) is 1. The smallest absolute Gasteiger partial charge is 0.326 e. The first-order valence-corrected chi connectivity index (χ1v) is 11.3. The molecule has 0 aliphatic carbocycles. The third-order valence-electron chi connectivity index (χ3n) is 6.57. The standard InChI is InChI=1S/C24H28ClN3O3/c1-17-3-2-4-18(13-17)24(16-30-11-12-31-24)15-27-9-7-20(8-10-27)28-22-14-19(25)5-6-21(22)26-23(28)29/h2-6,13-14,20H,7-12,15-16H2,1H3,(H,26,29). The van der Waals surface area contributed by atoms with Crippen LogP contribution in [0.1, 0.15) is 30.0 Å². The summed E-state index contributed by atoms with van der Waals surface area (Å²) in [6.07, 6.45) is 1.81. The van der Waals surface area contributed by atoms with Gasteiger partial charge >= 0.3 is 5.69 Å². The lowest BCUT2D eigenvalue weighted by atomic mass is 9.90. The molecule has 31 heavy (non-hydrogen) atoms. The maximum atomic E-state index is 12.6. The summed E-state index contributed by atoms with van der Waals surface area (Å²) in [4.78, 5) is 18.0. The lowest BCUT2D eigenvalue weighted by molar-refractivity contribution is -0.173. The molecule has 3 heterocycles. The van der Waals surface area contributed by atoms with Crippen molar-refractivity contribution in [3.63, 3.8) is 0 Å². The fourth-order valence-electron chi connectivity index (χ4n) is 5.01. The van der Waals surface area contributed by atoms with Gasteiger partial charge in [-0.25, -0.2) is 4.79 Å². The molecule has 1 N–H and O–H groups in total. The Bertz CT molecular complexity index is 1120. The number of imidazole rings is 1. The molecule has 0 saturated carbocycles. The number of benzene rings is 2. The van der Waals surface area contributed by atoms with Gasteiger partial charge in [0.1, 0.15) is 5.60 Å². The van der Waals surface area contributed by atoms with Crippen LogP contribution < -0.4 is 5.69 Å². The van der Waals surface area contributed by atoms with E-state index in [0.29, 0.717) is 24.8 Å². The monoisotopic (exact) mass is 441 g/mol. The zero-order valence-corrected chi connectivity index (χ0v) is 18.5. The van der Waals surface area contributed by atoms with Gasteiger partial charge in [-0.2, -0.15) is 0 Å². The van der Waals surface area contributed by atoms with Gasteiger partial charge in [-0.3, -0.25) is 9.47 Å². The molecule has 3 aromatic rings. The minimum Gasteiger partial charge on any atom is -0.376 e. The molecule has 1 aromatic heterocycles. The Morgan fingerprint density at radius 2 is 2.00 bits per heavy atom. The molecule has 0 bridgehead atoms. The number of rotatable bonds is 4. The van der Waals surface area contributed by atoms with Crippen molar-refractivity contribution in [1.82, 2.24) is 14.5 Å². The van der Waals surface area contributed by atoms with Crippen molar-refractivity contribution in [2.24, 2.45) is 0 Å². The predicted octanol–water partition coefficient (Wildman–Crippen LogP) is 3.87. The van der Waals surface area contributed by atoms with Crippen LogP contribution in [0.4, 0.5) is 0 Å². The van der Waals surface area contributed by atoms with Crippen LogP contribution in [0.25, 0.3) is 11.0 Å². The summed E-state index contributed by atoms with van der Waals surface area (Å²) >= 11 is 6.19. The number of likely N-dealkylation sites (tertiary alicyclic amines) is 1. The summed E-state index contributed by atoms with van der Waals surface area (Å²) in [5.74, 6) is 0. The van der Waals surface area contributed by atoms with Gasteiger partial charge in [-0.15, -0.1) is 0 Å². The maximum absolute atomic E-state index is 12.6. The predicted molar refractivity (Wildman–Crippen MR) is 122 cm³/mol. The van der Waals surface area contributed by atoms with Gasteiger partial charge in [0.25, 0.3) is 0 Å². The largest absolute Gasteiger partial charge is 0.376 e. The van der Waals surface area contributed by atoms with Crippen LogP contribution in [0.5, 0.6) is 0 Å². The van der Waals surface area contributed by atoms with E-state index in [2.05, 4.69) is 41.1 Å². The van der Waals surface area contributed by atoms with E-state index in [9.17, 15) is 4.79 Å². The van der Waals surface area contributed by atoms with Crippen LogP contribution in [0.3, 0.4) is 0 Å². The molecule has 164 valence electrons. The second-order valence-electron chi connectivity index (χ2n) is 8.73. The highest BCUT2D eigenvalue weighted by Gasteiger charge is 2.39. The zero-order valence-electron chi connectivity index (χ0n) is 17.8. The topological polar surface area (TPSA) is 59.5 Å². The van der Waals surface area contributed by atoms with Crippen molar-refractivity contribution in [2.75, 3.05) is 39.5 Å². The second-order valence-corrected chi connectivity index (χ2v) is 9.17. The lowest BCUT2D eigenvalue weighted by Crippen LogP contribution is -2.51. The van der Waals surface area contributed by atoms with Crippen LogP contribution in [-0.2, 0) is 15.1 Å². The minimum atomic E-state index is -0.442. The van der Waals surface area contributed by atoms with Crippen molar-refractivity contribution in [3.8, 4) is 0 Å². The molecule has 2 aromatic carbocycles. The number of aromatic nitrogens is 2. The summed E-state index contributed by atoms with van der Waals surface area (Å²) in [5, 5.41) is 0.646.